The van der Waals surface area contributed by atoms with Crippen LogP contribution < -0.4 is 10.6 Å². The van der Waals surface area contributed by atoms with Gasteiger partial charge in [0.05, 0.1) is 22.9 Å². The summed E-state index contributed by atoms with van der Waals surface area (Å²) in [4.78, 5) is 20.3. The lowest BCUT2D eigenvalue weighted by Gasteiger charge is -2.19. The number of para-hydroxylation sites is 2. The smallest absolute Gasteiger partial charge is 0.407 e. The Balaban J connectivity index is 1.55. The molecule has 0 saturated heterocycles. The van der Waals surface area contributed by atoms with E-state index in [9.17, 15) is 4.79 Å². The van der Waals surface area contributed by atoms with Gasteiger partial charge >= 0.3 is 6.09 Å². The quantitative estimate of drug-likeness (QED) is 0.412. The molecule has 2 rings (SSSR count). The molecule has 0 saturated carbocycles. The van der Waals surface area contributed by atoms with Gasteiger partial charge in [-0.05, 0) is 58.0 Å². The minimum absolute atomic E-state index is 0.323. The van der Waals surface area contributed by atoms with Gasteiger partial charge < -0.3 is 15.4 Å². The summed E-state index contributed by atoms with van der Waals surface area (Å²) in [6.07, 6.45) is 8.82. The number of fused-ring (bicyclic) bond motifs is 1. The molecule has 1 aromatic carbocycles. The number of aromatic nitrogens is 2. The predicted molar refractivity (Wildman–Crippen MR) is 116 cm³/mol. The minimum atomic E-state index is -0.458. The van der Waals surface area contributed by atoms with E-state index in [1.165, 1.54) is 0 Å². The first kappa shape index (κ1) is 22.3. The van der Waals surface area contributed by atoms with E-state index in [4.69, 9.17) is 10.1 Å². The number of benzene rings is 1. The molecule has 0 radical (unpaired) electrons. The van der Waals surface area contributed by atoms with Crippen LogP contribution in [0.5, 0.6) is 0 Å². The average Bonchev–Trinajstić information content (AvgIpc) is 2.67. The van der Waals surface area contributed by atoms with Gasteiger partial charge in [0, 0.05) is 13.1 Å². The molecule has 0 atom stereocenters. The molecule has 0 aliphatic carbocycles. The Kier molecular flexibility index (Phi) is 8.58. The molecule has 7 nitrogen and oxygen atoms in total. The van der Waals surface area contributed by atoms with E-state index in [2.05, 4.69) is 20.6 Å². The highest BCUT2D eigenvalue weighted by molar-refractivity contribution is 6.05. The zero-order valence-corrected chi connectivity index (χ0v) is 17.5. The maximum atomic E-state index is 11.5. The van der Waals surface area contributed by atoms with Crippen LogP contribution in [0.15, 0.2) is 42.7 Å². The van der Waals surface area contributed by atoms with E-state index in [0.717, 1.165) is 43.3 Å². The Hall–Kier alpha value is -2.96. The maximum Gasteiger partial charge on any atom is 0.407 e. The van der Waals surface area contributed by atoms with Crippen LogP contribution in [0.3, 0.4) is 0 Å². The summed E-state index contributed by atoms with van der Waals surface area (Å²) in [7, 11) is 0. The highest BCUT2D eigenvalue weighted by atomic mass is 16.6. The number of rotatable bonds is 10. The second kappa shape index (κ2) is 11.1. The van der Waals surface area contributed by atoms with Crippen molar-refractivity contribution in [1.29, 1.82) is 5.41 Å². The summed E-state index contributed by atoms with van der Waals surface area (Å²) in [6.45, 7) is 7.03. The van der Waals surface area contributed by atoms with E-state index in [1.807, 2.05) is 45.0 Å². The third kappa shape index (κ3) is 8.72. The molecule has 0 unspecified atom stereocenters. The molecule has 29 heavy (non-hydrogen) atoms. The lowest BCUT2D eigenvalue weighted by Crippen LogP contribution is -2.32. The van der Waals surface area contributed by atoms with Gasteiger partial charge in [-0.25, -0.2) is 9.78 Å². The lowest BCUT2D eigenvalue weighted by molar-refractivity contribution is 0.0527. The summed E-state index contributed by atoms with van der Waals surface area (Å²) >= 11 is 0. The van der Waals surface area contributed by atoms with Crippen molar-refractivity contribution >= 4 is 22.8 Å². The number of alkyl carbamates (subject to hydrolysis) is 1. The maximum absolute atomic E-state index is 11.5. The zero-order chi connectivity index (χ0) is 21.1. The summed E-state index contributed by atoms with van der Waals surface area (Å²) < 4.78 is 5.19. The third-order valence-electron chi connectivity index (χ3n) is 4.01. The first-order chi connectivity index (χ1) is 13.8. The number of carbonyl (C=O) groups excluding carboxylic acids is 1. The standard InChI is InChI=1S/C22H31N5O2/c1-22(2,3)29-21(28)25-14-9-5-4-8-13-24-15-12-17(23)20-16-26-18-10-6-7-11-19(18)27-20/h6-7,10-12,15-16,23-24H,4-5,8-9,13-14H2,1-3H3,(H,25,28)/b15-12-,23-17?. The summed E-state index contributed by atoms with van der Waals surface area (Å²) in [5.41, 5.74) is 2.04. The van der Waals surface area contributed by atoms with E-state index in [0.29, 0.717) is 18.0 Å². The number of carbonyl (C=O) groups is 1. The molecule has 0 fully saturated rings. The van der Waals surface area contributed by atoms with Crippen molar-refractivity contribution in [1.82, 2.24) is 20.6 Å². The van der Waals surface area contributed by atoms with Gasteiger partial charge in [-0.1, -0.05) is 25.0 Å². The monoisotopic (exact) mass is 397 g/mol. The molecule has 0 aliphatic rings. The molecular formula is C22H31N5O2. The van der Waals surface area contributed by atoms with E-state index in [1.54, 1.807) is 18.5 Å². The molecule has 1 aromatic heterocycles. The summed E-state index contributed by atoms with van der Waals surface area (Å²) in [5.74, 6) is 0. The molecule has 0 bridgehead atoms. The summed E-state index contributed by atoms with van der Waals surface area (Å²) in [5, 5.41) is 14.1. The Morgan fingerprint density at radius 3 is 2.52 bits per heavy atom. The van der Waals surface area contributed by atoms with Crippen molar-refractivity contribution in [2.24, 2.45) is 0 Å². The molecule has 3 N–H and O–H groups in total. The molecule has 0 spiro atoms. The number of nitrogens with one attached hydrogen (secondary N) is 3. The number of hydrogen-bond acceptors (Lipinski definition) is 6. The number of ether oxygens (including phenoxy) is 1. The fourth-order valence-corrected chi connectivity index (χ4v) is 2.61. The molecular weight excluding hydrogens is 366 g/mol. The van der Waals surface area contributed by atoms with Crippen LogP contribution in [0.1, 0.15) is 52.1 Å². The van der Waals surface area contributed by atoms with E-state index in [-0.39, 0.29) is 6.09 Å². The Labute approximate surface area is 172 Å². The van der Waals surface area contributed by atoms with Gasteiger partial charge in [0.2, 0.25) is 0 Å². The minimum Gasteiger partial charge on any atom is -0.444 e. The lowest BCUT2D eigenvalue weighted by atomic mass is 10.2. The number of hydrogen-bond donors (Lipinski definition) is 3. The van der Waals surface area contributed by atoms with Crippen LogP contribution >= 0.6 is 0 Å². The van der Waals surface area contributed by atoms with Crippen LogP contribution in [0.2, 0.25) is 0 Å². The zero-order valence-electron chi connectivity index (χ0n) is 17.5. The second-order valence-corrected chi connectivity index (χ2v) is 7.79. The van der Waals surface area contributed by atoms with Crippen molar-refractivity contribution < 1.29 is 9.53 Å². The Morgan fingerprint density at radius 2 is 1.79 bits per heavy atom. The number of amides is 1. The van der Waals surface area contributed by atoms with Crippen molar-refractivity contribution in [3.8, 4) is 0 Å². The normalized spacial score (nSPS) is 11.6. The number of nitrogens with zero attached hydrogens (tertiary/aromatic N) is 2. The third-order valence-corrected chi connectivity index (χ3v) is 4.01. The van der Waals surface area contributed by atoms with Crippen molar-refractivity contribution in [3.63, 3.8) is 0 Å². The topological polar surface area (TPSA) is 100.0 Å². The molecule has 0 aliphatic heterocycles. The largest absolute Gasteiger partial charge is 0.444 e. The van der Waals surface area contributed by atoms with Crippen molar-refractivity contribution in [2.45, 2.75) is 52.1 Å². The highest BCUT2D eigenvalue weighted by Crippen LogP contribution is 2.09. The molecule has 2 aromatic rings. The number of allylic oxidation sites excluding steroid dienone is 1. The van der Waals surface area contributed by atoms with Crippen LogP contribution in [-0.4, -0.2) is 40.5 Å². The van der Waals surface area contributed by atoms with Crippen LogP contribution in [0.4, 0.5) is 4.79 Å². The molecule has 1 heterocycles. The molecule has 7 heteroatoms. The molecule has 156 valence electrons. The van der Waals surface area contributed by atoms with Gasteiger partial charge in [-0.15, -0.1) is 0 Å². The van der Waals surface area contributed by atoms with Crippen molar-refractivity contribution in [3.05, 3.63) is 48.4 Å². The van der Waals surface area contributed by atoms with Gasteiger partial charge in [-0.3, -0.25) is 10.4 Å². The first-order valence-electron chi connectivity index (χ1n) is 10.0. The fourth-order valence-electron chi connectivity index (χ4n) is 2.61. The Bertz CT molecular complexity index is 842. The fraction of sp³-hybridized carbons (Fsp3) is 0.455. The SMILES string of the molecule is CC(C)(C)OC(=O)NCCCCCCN/C=C\C(=N)c1cnc2ccccc2n1. The second-order valence-electron chi connectivity index (χ2n) is 7.79. The van der Waals surface area contributed by atoms with E-state index < -0.39 is 5.60 Å². The van der Waals surface area contributed by atoms with Crippen LogP contribution in [0, 0.1) is 5.41 Å². The van der Waals surface area contributed by atoms with Gasteiger partial charge in [0.25, 0.3) is 0 Å². The predicted octanol–water partition coefficient (Wildman–Crippen LogP) is 4.19. The first-order valence-corrected chi connectivity index (χ1v) is 10.0. The van der Waals surface area contributed by atoms with Crippen molar-refractivity contribution in [2.75, 3.05) is 13.1 Å². The Morgan fingerprint density at radius 1 is 1.10 bits per heavy atom. The van der Waals surface area contributed by atoms with E-state index >= 15 is 0 Å². The highest BCUT2D eigenvalue weighted by Gasteiger charge is 2.15. The summed E-state index contributed by atoms with van der Waals surface area (Å²) in [6, 6.07) is 7.63. The van der Waals surface area contributed by atoms with Crippen LogP contribution in [0.25, 0.3) is 11.0 Å². The van der Waals surface area contributed by atoms with Crippen LogP contribution in [-0.2, 0) is 4.74 Å². The van der Waals surface area contributed by atoms with Gasteiger partial charge in [0.15, 0.2) is 0 Å². The number of unbranched alkanes of at least 4 members (excludes halogenated alkanes) is 3. The van der Waals surface area contributed by atoms with Gasteiger partial charge in [-0.2, -0.15) is 0 Å². The van der Waals surface area contributed by atoms with Gasteiger partial charge in [0.1, 0.15) is 11.3 Å². The molecule has 1 amide bonds. The average molecular weight is 398 g/mol.